The molecule has 2 aromatic rings. The van der Waals surface area contributed by atoms with Crippen molar-refractivity contribution in [1.82, 2.24) is 10.6 Å². The number of rotatable bonds is 5. The number of para-hydroxylation sites is 1. The van der Waals surface area contributed by atoms with Gasteiger partial charge in [-0.25, -0.2) is 4.79 Å². The summed E-state index contributed by atoms with van der Waals surface area (Å²) < 4.78 is 15.8. The fourth-order valence-corrected chi connectivity index (χ4v) is 2.32. The molecule has 120 valence electrons. The van der Waals surface area contributed by atoms with E-state index in [2.05, 4.69) is 10.6 Å². The van der Waals surface area contributed by atoms with E-state index in [1.165, 1.54) is 0 Å². The molecule has 2 N–H and O–H groups in total. The summed E-state index contributed by atoms with van der Waals surface area (Å²) in [7, 11) is 1.61. The van der Waals surface area contributed by atoms with Gasteiger partial charge in [0.2, 0.25) is 6.79 Å². The van der Waals surface area contributed by atoms with E-state index in [0.717, 1.165) is 22.6 Å². The molecule has 0 spiro atoms. The number of methoxy groups -OCH3 is 1. The van der Waals surface area contributed by atoms with Crippen LogP contribution in [0.4, 0.5) is 4.79 Å². The Balaban J connectivity index is 1.50. The molecule has 23 heavy (non-hydrogen) atoms. The van der Waals surface area contributed by atoms with E-state index in [-0.39, 0.29) is 12.8 Å². The fraction of sp³-hybridized carbons (Fsp3) is 0.235. The van der Waals surface area contributed by atoms with Crippen LogP contribution in [0.1, 0.15) is 11.1 Å². The summed E-state index contributed by atoms with van der Waals surface area (Å²) in [5.41, 5.74) is 1.87. The lowest BCUT2D eigenvalue weighted by Crippen LogP contribution is -2.34. The van der Waals surface area contributed by atoms with Crippen LogP contribution in [-0.2, 0) is 13.1 Å². The molecule has 2 amide bonds. The number of amides is 2. The summed E-state index contributed by atoms with van der Waals surface area (Å²) in [4.78, 5) is 11.9. The molecule has 0 atom stereocenters. The number of hydrogen-bond donors (Lipinski definition) is 2. The van der Waals surface area contributed by atoms with E-state index in [4.69, 9.17) is 14.2 Å². The van der Waals surface area contributed by atoms with Gasteiger partial charge < -0.3 is 24.8 Å². The Kier molecular flexibility index (Phi) is 4.52. The van der Waals surface area contributed by atoms with Gasteiger partial charge in [-0.1, -0.05) is 24.3 Å². The first kappa shape index (κ1) is 15.0. The van der Waals surface area contributed by atoms with Crippen LogP contribution >= 0.6 is 0 Å². The van der Waals surface area contributed by atoms with Crippen molar-refractivity contribution in [3.8, 4) is 17.2 Å². The standard InChI is InChI=1S/C17H18N2O4/c1-21-14-5-3-2-4-13(14)10-19-17(20)18-9-12-6-7-15-16(8-12)23-11-22-15/h2-8H,9-11H2,1H3,(H2,18,19,20). The smallest absolute Gasteiger partial charge is 0.315 e. The maximum absolute atomic E-state index is 11.9. The molecule has 0 bridgehead atoms. The third-order valence-corrected chi connectivity index (χ3v) is 3.52. The van der Waals surface area contributed by atoms with Gasteiger partial charge in [0.05, 0.1) is 7.11 Å². The lowest BCUT2D eigenvalue weighted by molar-refractivity contribution is 0.174. The van der Waals surface area contributed by atoms with E-state index in [0.29, 0.717) is 18.8 Å². The third-order valence-electron chi connectivity index (χ3n) is 3.52. The maximum Gasteiger partial charge on any atom is 0.315 e. The van der Waals surface area contributed by atoms with Crippen LogP contribution in [0.5, 0.6) is 17.2 Å². The lowest BCUT2D eigenvalue weighted by Gasteiger charge is -2.10. The van der Waals surface area contributed by atoms with Gasteiger partial charge in [0.25, 0.3) is 0 Å². The number of ether oxygens (including phenoxy) is 3. The summed E-state index contributed by atoms with van der Waals surface area (Å²) in [6, 6.07) is 12.9. The van der Waals surface area contributed by atoms with Gasteiger partial charge in [-0.05, 0) is 23.8 Å². The molecule has 6 nitrogen and oxygen atoms in total. The minimum atomic E-state index is -0.242. The minimum Gasteiger partial charge on any atom is -0.496 e. The molecule has 3 rings (SSSR count). The van der Waals surface area contributed by atoms with E-state index < -0.39 is 0 Å². The summed E-state index contributed by atoms with van der Waals surface area (Å²) in [5.74, 6) is 2.19. The SMILES string of the molecule is COc1ccccc1CNC(=O)NCc1ccc2c(c1)OCO2. The van der Waals surface area contributed by atoms with Crippen molar-refractivity contribution in [2.24, 2.45) is 0 Å². The molecule has 2 aromatic carbocycles. The Morgan fingerprint density at radius 3 is 2.74 bits per heavy atom. The Morgan fingerprint density at radius 1 is 1.09 bits per heavy atom. The van der Waals surface area contributed by atoms with Crippen LogP contribution < -0.4 is 24.8 Å². The summed E-state index contributed by atoms with van der Waals surface area (Å²) in [6.45, 7) is 1.05. The van der Waals surface area contributed by atoms with Crippen molar-refractivity contribution in [3.05, 3.63) is 53.6 Å². The van der Waals surface area contributed by atoms with Crippen molar-refractivity contribution in [3.63, 3.8) is 0 Å². The van der Waals surface area contributed by atoms with Crippen LogP contribution in [-0.4, -0.2) is 19.9 Å². The van der Waals surface area contributed by atoms with Gasteiger partial charge >= 0.3 is 6.03 Å². The Hall–Kier alpha value is -2.89. The topological polar surface area (TPSA) is 68.8 Å². The number of carbonyl (C=O) groups excluding carboxylic acids is 1. The van der Waals surface area contributed by atoms with Crippen LogP contribution in [0.25, 0.3) is 0 Å². The molecular weight excluding hydrogens is 296 g/mol. The van der Waals surface area contributed by atoms with Crippen LogP contribution in [0.3, 0.4) is 0 Å². The van der Waals surface area contributed by atoms with Crippen LogP contribution in [0, 0.1) is 0 Å². The average molecular weight is 314 g/mol. The highest BCUT2D eigenvalue weighted by atomic mass is 16.7. The molecule has 1 aliphatic rings. The fourth-order valence-electron chi connectivity index (χ4n) is 2.32. The summed E-state index contributed by atoms with van der Waals surface area (Å²) in [5, 5.41) is 5.62. The Morgan fingerprint density at radius 2 is 1.87 bits per heavy atom. The first-order chi connectivity index (χ1) is 11.3. The molecule has 0 aliphatic carbocycles. The predicted octanol–water partition coefficient (Wildman–Crippen LogP) is 2.42. The van der Waals surface area contributed by atoms with Crippen molar-refractivity contribution < 1.29 is 19.0 Å². The first-order valence-electron chi connectivity index (χ1n) is 7.28. The van der Waals surface area contributed by atoms with Gasteiger partial charge in [0.1, 0.15) is 5.75 Å². The summed E-state index contributed by atoms with van der Waals surface area (Å²) >= 11 is 0. The molecule has 6 heteroatoms. The maximum atomic E-state index is 11.9. The van der Waals surface area contributed by atoms with Gasteiger partial charge in [-0.3, -0.25) is 0 Å². The van der Waals surface area contributed by atoms with Crippen molar-refractivity contribution >= 4 is 6.03 Å². The van der Waals surface area contributed by atoms with E-state index in [1.54, 1.807) is 7.11 Å². The van der Waals surface area contributed by atoms with Gasteiger partial charge in [0, 0.05) is 18.7 Å². The minimum absolute atomic E-state index is 0.242. The molecule has 0 radical (unpaired) electrons. The zero-order valence-corrected chi connectivity index (χ0v) is 12.8. The second kappa shape index (κ2) is 6.91. The van der Waals surface area contributed by atoms with E-state index in [1.807, 2.05) is 42.5 Å². The van der Waals surface area contributed by atoms with Crippen molar-refractivity contribution in [1.29, 1.82) is 0 Å². The highest BCUT2D eigenvalue weighted by Gasteiger charge is 2.13. The summed E-state index contributed by atoms with van der Waals surface area (Å²) in [6.07, 6.45) is 0. The van der Waals surface area contributed by atoms with E-state index >= 15 is 0 Å². The first-order valence-corrected chi connectivity index (χ1v) is 7.28. The molecular formula is C17H18N2O4. The predicted molar refractivity (Wildman–Crippen MR) is 84.6 cm³/mol. The molecule has 0 saturated heterocycles. The van der Waals surface area contributed by atoms with Crippen molar-refractivity contribution in [2.45, 2.75) is 13.1 Å². The monoisotopic (exact) mass is 314 g/mol. The molecule has 0 unspecified atom stereocenters. The average Bonchev–Trinajstić information content (AvgIpc) is 3.06. The molecule has 1 aliphatic heterocycles. The van der Waals surface area contributed by atoms with Crippen molar-refractivity contribution in [2.75, 3.05) is 13.9 Å². The normalized spacial score (nSPS) is 11.9. The molecule has 0 aromatic heterocycles. The molecule has 1 heterocycles. The number of carbonyl (C=O) groups is 1. The molecule has 0 saturated carbocycles. The largest absolute Gasteiger partial charge is 0.496 e. The highest BCUT2D eigenvalue weighted by Crippen LogP contribution is 2.32. The van der Waals surface area contributed by atoms with Gasteiger partial charge in [0.15, 0.2) is 11.5 Å². The van der Waals surface area contributed by atoms with Gasteiger partial charge in [-0.15, -0.1) is 0 Å². The number of benzene rings is 2. The highest BCUT2D eigenvalue weighted by molar-refractivity contribution is 5.74. The van der Waals surface area contributed by atoms with Crippen LogP contribution in [0.15, 0.2) is 42.5 Å². The number of urea groups is 1. The third kappa shape index (κ3) is 3.66. The number of nitrogens with one attached hydrogen (secondary N) is 2. The Labute approximate surface area is 134 Å². The lowest BCUT2D eigenvalue weighted by atomic mass is 10.2. The second-order valence-electron chi connectivity index (χ2n) is 5.04. The number of fused-ring (bicyclic) bond motifs is 1. The van der Waals surface area contributed by atoms with Crippen LogP contribution in [0.2, 0.25) is 0 Å². The zero-order chi connectivity index (χ0) is 16.1. The molecule has 0 fully saturated rings. The van der Waals surface area contributed by atoms with Gasteiger partial charge in [-0.2, -0.15) is 0 Å². The zero-order valence-electron chi connectivity index (χ0n) is 12.8. The van der Waals surface area contributed by atoms with E-state index in [9.17, 15) is 4.79 Å². The second-order valence-corrected chi connectivity index (χ2v) is 5.04. The Bertz CT molecular complexity index is 703. The quantitative estimate of drug-likeness (QED) is 0.889. The number of hydrogen-bond acceptors (Lipinski definition) is 4.